The first-order valence-electron chi connectivity index (χ1n) is 13.9. The quantitative estimate of drug-likeness (QED) is 0.128. The van der Waals surface area contributed by atoms with E-state index in [1.165, 1.54) is 0 Å². The van der Waals surface area contributed by atoms with Gasteiger partial charge < -0.3 is 14.2 Å². The van der Waals surface area contributed by atoms with E-state index in [4.69, 9.17) is 53.3 Å². The van der Waals surface area contributed by atoms with Gasteiger partial charge in [0.05, 0.1) is 55.9 Å². The van der Waals surface area contributed by atoms with Crippen molar-refractivity contribution in [1.29, 1.82) is 0 Å². The lowest BCUT2D eigenvalue weighted by Crippen LogP contribution is -2.42. The highest BCUT2D eigenvalue weighted by atomic mass is 32.2. The van der Waals surface area contributed by atoms with Crippen molar-refractivity contribution in [2.24, 2.45) is 0 Å². The van der Waals surface area contributed by atoms with Crippen LogP contribution in [0.3, 0.4) is 0 Å². The van der Waals surface area contributed by atoms with E-state index in [0.717, 1.165) is 18.2 Å². The average Bonchev–Trinajstić information content (AvgIpc) is 3.04. The SMILES string of the molecule is [B]Cc1cc(C)c(OC(=O)c2cc(C(=O)Oc3c(C[B])cc(C[B])cc3C[B])cc(C(=O)OC(C)C(F)(F)S(=O)(=O)O)c2)c(C[B])c1. The van der Waals surface area contributed by atoms with Crippen molar-refractivity contribution in [2.45, 2.75) is 56.8 Å². The van der Waals surface area contributed by atoms with E-state index >= 15 is 0 Å². The summed E-state index contributed by atoms with van der Waals surface area (Å²) in [6.07, 6.45) is -2.58. The lowest BCUT2D eigenvalue weighted by Gasteiger charge is -2.21. The monoisotopic (exact) mass is 654 g/mol. The summed E-state index contributed by atoms with van der Waals surface area (Å²) in [5.74, 6) is -3.72. The fourth-order valence-electron chi connectivity index (χ4n) is 4.51. The maximum absolute atomic E-state index is 14.2. The topological polar surface area (TPSA) is 133 Å². The van der Waals surface area contributed by atoms with Gasteiger partial charge in [0.1, 0.15) is 11.5 Å². The van der Waals surface area contributed by atoms with Gasteiger partial charge in [0, 0.05) is 0 Å². The van der Waals surface area contributed by atoms with Crippen LogP contribution in [-0.2, 0) is 46.5 Å². The zero-order valence-corrected chi connectivity index (χ0v) is 26.2. The number of hydrogen-bond donors (Lipinski definition) is 1. The van der Waals surface area contributed by atoms with Crippen LogP contribution in [0.1, 0.15) is 71.4 Å². The predicted molar refractivity (Wildman–Crippen MR) is 173 cm³/mol. The second kappa shape index (κ2) is 15.4. The number of carbonyl (C=O) groups is 3. The highest BCUT2D eigenvalue weighted by molar-refractivity contribution is 7.86. The zero-order valence-electron chi connectivity index (χ0n) is 25.4. The number of hydrogen-bond acceptors (Lipinski definition) is 8. The summed E-state index contributed by atoms with van der Waals surface area (Å²) in [5.41, 5.74) is 1.49. The van der Waals surface area contributed by atoms with Crippen LogP contribution in [0.2, 0.25) is 0 Å². The maximum atomic E-state index is 14.2. The molecule has 9 nitrogen and oxygen atoms in total. The molecule has 0 spiro atoms. The van der Waals surface area contributed by atoms with Crippen molar-refractivity contribution in [3.63, 3.8) is 0 Å². The van der Waals surface area contributed by atoms with E-state index in [0.29, 0.717) is 40.3 Å². The minimum atomic E-state index is -5.98. The summed E-state index contributed by atoms with van der Waals surface area (Å²) in [6, 6.07) is 9.24. The molecule has 0 aliphatic heterocycles. The number of halogens is 2. The van der Waals surface area contributed by atoms with E-state index in [1.807, 2.05) is 0 Å². The lowest BCUT2D eigenvalue weighted by atomic mass is 9.85. The number of aryl methyl sites for hydroxylation is 1. The van der Waals surface area contributed by atoms with Gasteiger partial charge in [-0.2, -0.15) is 17.2 Å². The Hall–Kier alpha value is -3.84. The van der Waals surface area contributed by atoms with Crippen molar-refractivity contribution >= 4 is 67.3 Å². The molecule has 0 saturated carbocycles. The Morgan fingerprint density at radius 3 is 1.49 bits per heavy atom. The number of rotatable bonds is 13. The Kier molecular flexibility index (Phi) is 12.3. The molecule has 0 bridgehead atoms. The van der Waals surface area contributed by atoms with Crippen LogP contribution >= 0.6 is 0 Å². The van der Waals surface area contributed by atoms with Crippen LogP contribution in [0.15, 0.2) is 42.5 Å². The van der Waals surface area contributed by atoms with Crippen LogP contribution in [0.5, 0.6) is 11.5 Å². The van der Waals surface area contributed by atoms with Gasteiger partial charge in [-0.05, 0) is 54.3 Å². The fourth-order valence-corrected chi connectivity index (χ4v) is 4.98. The van der Waals surface area contributed by atoms with Crippen LogP contribution in [0.25, 0.3) is 0 Å². The third-order valence-corrected chi connectivity index (χ3v) is 8.00. The summed E-state index contributed by atoms with van der Waals surface area (Å²) < 4.78 is 75.3. The molecule has 17 heteroatoms. The Bertz CT molecular complexity index is 1780. The predicted octanol–water partition coefficient (Wildman–Crippen LogP) is 2.80. The highest BCUT2D eigenvalue weighted by Crippen LogP contribution is 2.31. The third-order valence-electron chi connectivity index (χ3n) is 6.98. The largest absolute Gasteiger partial charge is 0.451 e. The minimum absolute atomic E-state index is 0.000992. The highest BCUT2D eigenvalue weighted by Gasteiger charge is 2.52. The number of alkyl halides is 2. The van der Waals surface area contributed by atoms with Gasteiger partial charge in [0.15, 0.2) is 6.10 Å². The molecule has 0 saturated heterocycles. The molecule has 234 valence electrons. The van der Waals surface area contributed by atoms with Crippen molar-refractivity contribution < 1.29 is 50.3 Å². The molecular formula is C30H25B5F2O9S. The standard InChI is InChI=1S/C30H25B5F2O9S/c1-15-3-17(10-31)4-22(12-33)25(15)45-28(39)20-7-19(27(38)44-16(2)30(36,37)47(41,42)43)8-21(9-20)29(40)46-26-23(13-34)5-18(11-32)6-24(26)14-35/h3-9,16H,10-14H2,1-2H3,(H,41,42,43). The summed E-state index contributed by atoms with van der Waals surface area (Å²) >= 11 is 0. The molecule has 0 aliphatic rings. The van der Waals surface area contributed by atoms with Gasteiger partial charge in [-0.3, -0.25) is 4.55 Å². The van der Waals surface area contributed by atoms with Crippen molar-refractivity contribution in [3.05, 3.63) is 92.5 Å². The molecule has 0 amide bonds. The lowest BCUT2D eigenvalue weighted by molar-refractivity contribution is -0.0550. The molecule has 1 unspecified atom stereocenters. The van der Waals surface area contributed by atoms with Crippen LogP contribution in [0, 0.1) is 6.92 Å². The number of benzene rings is 3. The molecule has 47 heavy (non-hydrogen) atoms. The van der Waals surface area contributed by atoms with E-state index < -0.39 is 56.1 Å². The van der Waals surface area contributed by atoms with E-state index in [-0.39, 0.29) is 43.1 Å². The average molecular weight is 654 g/mol. The first-order valence-corrected chi connectivity index (χ1v) is 15.4. The second-order valence-corrected chi connectivity index (χ2v) is 11.8. The normalized spacial score (nSPS) is 12.3. The van der Waals surface area contributed by atoms with Crippen LogP contribution < -0.4 is 9.47 Å². The molecule has 0 aliphatic carbocycles. The second-order valence-electron chi connectivity index (χ2n) is 10.3. The summed E-state index contributed by atoms with van der Waals surface area (Å²) in [4.78, 5) is 39.9. The Balaban J connectivity index is 2.11. The molecular weight excluding hydrogens is 628 g/mol. The van der Waals surface area contributed by atoms with Crippen molar-refractivity contribution in [3.8, 4) is 11.5 Å². The Morgan fingerprint density at radius 1 is 0.702 bits per heavy atom. The fraction of sp³-hybridized carbons (Fsp3) is 0.300. The molecule has 10 radical (unpaired) electrons. The van der Waals surface area contributed by atoms with Gasteiger partial charge in [0.25, 0.3) is 0 Å². The van der Waals surface area contributed by atoms with Crippen LogP contribution in [-0.4, -0.2) is 81.5 Å². The zero-order chi connectivity index (χ0) is 35.3. The number of carbonyl (C=O) groups excluding carboxylic acids is 3. The first-order chi connectivity index (χ1) is 22.0. The number of ether oxygens (including phenoxy) is 3. The summed E-state index contributed by atoms with van der Waals surface area (Å²) in [6.45, 7) is 2.16. The molecule has 0 heterocycles. The van der Waals surface area contributed by atoms with Crippen molar-refractivity contribution in [2.75, 3.05) is 0 Å². The summed E-state index contributed by atoms with van der Waals surface area (Å²) in [5, 5.41) is -4.89. The smallest absolute Gasteiger partial charge is 0.405 e. The molecule has 3 rings (SSSR count). The summed E-state index contributed by atoms with van der Waals surface area (Å²) in [7, 11) is 23.0. The first kappa shape index (κ1) is 37.6. The van der Waals surface area contributed by atoms with Gasteiger partial charge in [-0.25, -0.2) is 14.4 Å². The van der Waals surface area contributed by atoms with E-state index in [9.17, 15) is 31.6 Å². The van der Waals surface area contributed by atoms with Gasteiger partial charge in [-0.15, -0.1) is 0 Å². The van der Waals surface area contributed by atoms with Gasteiger partial charge in [-0.1, -0.05) is 67.0 Å². The molecule has 0 aromatic heterocycles. The molecule has 1 N–H and O–H groups in total. The van der Waals surface area contributed by atoms with E-state index in [1.54, 1.807) is 31.2 Å². The molecule has 3 aromatic rings. The minimum Gasteiger partial charge on any atom is -0.451 e. The Labute approximate surface area is 277 Å². The van der Waals surface area contributed by atoms with Gasteiger partial charge >= 0.3 is 33.3 Å². The van der Waals surface area contributed by atoms with E-state index in [2.05, 4.69) is 4.74 Å². The maximum Gasteiger partial charge on any atom is 0.405 e. The van der Waals surface area contributed by atoms with Crippen LogP contribution in [0.4, 0.5) is 8.78 Å². The molecule has 3 aromatic carbocycles. The molecule has 1 atom stereocenters. The number of esters is 3. The van der Waals surface area contributed by atoms with Gasteiger partial charge in [0.2, 0.25) is 0 Å². The van der Waals surface area contributed by atoms with Crippen molar-refractivity contribution in [1.82, 2.24) is 0 Å². The third kappa shape index (κ3) is 8.56. The molecule has 0 fully saturated rings. The Morgan fingerprint density at radius 2 is 1.09 bits per heavy atom.